The van der Waals surface area contributed by atoms with Crippen LogP contribution in [0.25, 0.3) is 0 Å². The Morgan fingerprint density at radius 3 is 2.94 bits per heavy atom. The van der Waals surface area contributed by atoms with E-state index in [1.807, 2.05) is 0 Å². The van der Waals surface area contributed by atoms with E-state index in [1.54, 1.807) is 6.92 Å². The third kappa shape index (κ3) is 2.66. The molecule has 2 rings (SSSR count). The molecule has 0 N–H and O–H groups in total. The van der Waals surface area contributed by atoms with Crippen LogP contribution in [0.3, 0.4) is 0 Å². The first-order chi connectivity index (χ1) is 8.03. The maximum Gasteiger partial charge on any atom is 0.253 e. The number of ether oxygens (including phenoxy) is 1. The van der Waals surface area contributed by atoms with Crippen LogP contribution in [-0.2, 0) is 19.4 Å². The van der Waals surface area contributed by atoms with Crippen molar-refractivity contribution < 1.29 is 17.9 Å². The second-order valence-corrected chi connectivity index (χ2v) is 6.64. The summed E-state index contributed by atoms with van der Waals surface area (Å²) >= 11 is 0. The molecule has 1 unspecified atom stereocenters. The van der Waals surface area contributed by atoms with Crippen LogP contribution >= 0.6 is 0 Å². The first-order valence-corrected chi connectivity index (χ1v) is 7.52. The Balaban J connectivity index is 1.99. The van der Waals surface area contributed by atoms with Gasteiger partial charge >= 0.3 is 0 Å². The summed E-state index contributed by atoms with van der Waals surface area (Å²) in [5.74, 6) is -0.350. The molecule has 6 nitrogen and oxygen atoms in total. The number of hydrogen-bond acceptors (Lipinski definition) is 5. The molecule has 2 heterocycles. The molecule has 0 spiro atoms. The third-order valence-corrected chi connectivity index (χ3v) is 4.73. The molecule has 1 atom stereocenters. The average Bonchev–Trinajstić information content (AvgIpc) is 2.65. The molecule has 2 aliphatic rings. The molecular weight excluding hydrogens is 244 g/mol. The number of amides is 1. The van der Waals surface area contributed by atoms with Gasteiger partial charge in [-0.05, 0) is 0 Å². The summed E-state index contributed by atoms with van der Waals surface area (Å²) in [4.78, 5) is 11.9. The van der Waals surface area contributed by atoms with E-state index < -0.39 is 9.84 Å². The monoisotopic (exact) mass is 260 g/mol. The Bertz CT molecular complexity index is 443. The van der Waals surface area contributed by atoms with Crippen molar-refractivity contribution in [3.05, 3.63) is 0 Å². The van der Waals surface area contributed by atoms with Gasteiger partial charge in [0.25, 0.3) is 5.91 Å². The van der Waals surface area contributed by atoms with E-state index in [0.29, 0.717) is 19.6 Å². The van der Waals surface area contributed by atoms with Gasteiger partial charge in [-0.15, -0.1) is 0 Å². The standard InChI is InChI=1S/C10H16N2O4S/c1-2-17(14,15)6-4-12-10(13)8-7-16-5-3-9(8)11-12/h8H,2-7H2,1H3. The van der Waals surface area contributed by atoms with Crippen molar-refractivity contribution in [2.45, 2.75) is 13.3 Å². The van der Waals surface area contributed by atoms with E-state index in [9.17, 15) is 13.2 Å². The zero-order valence-electron chi connectivity index (χ0n) is 9.76. The van der Waals surface area contributed by atoms with E-state index in [-0.39, 0.29) is 29.9 Å². The van der Waals surface area contributed by atoms with Crippen molar-refractivity contribution >= 4 is 21.5 Å². The molecule has 96 valence electrons. The van der Waals surface area contributed by atoms with Gasteiger partial charge in [0.1, 0.15) is 5.92 Å². The van der Waals surface area contributed by atoms with Gasteiger partial charge in [0.15, 0.2) is 9.84 Å². The highest BCUT2D eigenvalue weighted by Crippen LogP contribution is 2.21. The predicted molar refractivity (Wildman–Crippen MR) is 62.4 cm³/mol. The van der Waals surface area contributed by atoms with Crippen molar-refractivity contribution in [3.63, 3.8) is 0 Å². The molecule has 0 aromatic heterocycles. The van der Waals surface area contributed by atoms with Crippen LogP contribution in [0.2, 0.25) is 0 Å². The van der Waals surface area contributed by atoms with Crippen LogP contribution < -0.4 is 0 Å². The fraction of sp³-hybridized carbons (Fsp3) is 0.800. The quantitative estimate of drug-likeness (QED) is 0.692. The van der Waals surface area contributed by atoms with Gasteiger partial charge in [-0.25, -0.2) is 13.4 Å². The van der Waals surface area contributed by atoms with Gasteiger partial charge in [-0.1, -0.05) is 6.92 Å². The number of rotatable bonds is 4. The Labute approximate surface area is 101 Å². The van der Waals surface area contributed by atoms with E-state index >= 15 is 0 Å². The molecule has 1 amide bonds. The molecule has 2 aliphatic heterocycles. The number of sulfone groups is 1. The van der Waals surface area contributed by atoms with Gasteiger partial charge in [-0.3, -0.25) is 4.79 Å². The highest BCUT2D eigenvalue weighted by molar-refractivity contribution is 7.91. The lowest BCUT2D eigenvalue weighted by molar-refractivity contribution is -0.133. The summed E-state index contributed by atoms with van der Waals surface area (Å²) in [5, 5.41) is 5.46. The van der Waals surface area contributed by atoms with Crippen molar-refractivity contribution in [1.29, 1.82) is 0 Å². The first-order valence-electron chi connectivity index (χ1n) is 5.70. The van der Waals surface area contributed by atoms with E-state index in [4.69, 9.17) is 4.74 Å². The van der Waals surface area contributed by atoms with Gasteiger partial charge < -0.3 is 4.74 Å². The summed E-state index contributed by atoms with van der Waals surface area (Å²) in [6.07, 6.45) is 0.660. The smallest absolute Gasteiger partial charge is 0.253 e. The van der Waals surface area contributed by atoms with Crippen molar-refractivity contribution in [2.24, 2.45) is 11.0 Å². The second kappa shape index (κ2) is 4.73. The summed E-state index contributed by atoms with van der Waals surface area (Å²) in [6.45, 7) is 2.70. The predicted octanol–water partition coefficient (Wildman–Crippen LogP) is -0.344. The fourth-order valence-electron chi connectivity index (χ4n) is 1.90. The Kier molecular flexibility index (Phi) is 3.48. The minimum Gasteiger partial charge on any atom is -0.380 e. The van der Waals surface area contributed by atoms with Crippen LogP contribution in [0.5, 0.6) is 0 Å². The van der Waals surface area contributed by atoms with Gasteiger partial charge in [0.2, 0.25) is 0 Å². The summed E-state index contributed by atoms with van der Waals surface area (Å²) in [5.41, 5.74) is 0.829. The van der Waals surface area contributed by atoms with E-state index in [1.165, 1.54) is 5.01 Å². The third-order valence-electron chi connectivity index (χ3n) is 3.04. The number of fused-ring (bicyclic) bond motifs is 1. The number of nitrogens with zero attached hydrogens (tertiary/aromatic N) is 2. The topological polar surface area (TPSA) is 76.0 Å². The summed E-state index contributed by atoms with van der Waals surface area (Å²) in [6, 6.07) is 0. The SMILES string of the molecule is CCS(=O)(=O)CCN1N=C2CCOCC2C1=O. The van der Waals surface area contributed by atoms with Crippen LogP contribution in [0.4, 0.5) is 0 Å². The van der Waals surface area contributed by atoms with E-state index in [2.05, 4.69) is 5.10 Å². The highest BCUT2D eigenvalue weighted by Gasteiger charge is 2.37. The van der Waals surface area contributed by atoms with Gasteiger partial charge in [-0.2, -0.15) is 5.10 Å². The first kappa shape index (κ1) is 12.5. The molecule has 0 saturated carbocycles. The van der Waals surface area contributed by atoms with Gasteiger partial charge in [0, 0.05) is 12.2 Å². The molecule has 1 saturated heterocycles. The zero-order chi connectivity index (χ0) is 12.5. The average molecular weight is 260 g/mol. The molecule has 17 heavy (non-hydrogen) atoms. The van der Waals surface area contributed by atoms with Crippen molar-refractivity contribution in [3.8, 4) is 0 Å². The van der Waals surface area contributed by atoms with Crippen molar-refractivity contribution in [1.82, 2.24) is 5.01 Å². The van der Waals surface area contributed by atoms with E-state index in [0.717, 1.165) is 5.71 Å². The summed E-state index contributed by atoms with van der Waals surface area (Å²) < 4.78 is 28.0. The van der Waals surface area contributed by atoms with Gasteiger partial charge in [0.05, 0.1) is 31.2 Å². The van der Waals surface area contributed by atoms with Crippen LogP contribution in [0, 0.1) is 5.92 Å². The molecular formula is C10H16N2O4S. The Hall–Kier alpha value is -0.950. The second-order valence-electron chi connectivity index (χ2n) is 4.17. The van der Waals surface area contributed by atoms with Crippen LogP contribution in [0.1, 0.15) is 13.3 Å². The minimum atomic E-state index is -3.06. The maximum absolute atomic E-state index is 11.9. The molecule has 0 aliphatic carbocycles. The summed E-state index contributed by atoms with van der Waals surface area (Å²) in [7, 11) is -3.06. The lowest BCUT2D eigenvalue weighted by Crippen LogP contribution is -2.35. The molecule has 7 heteroatoms. The minimum absolute atomic E-state index is 0.0282. The van der Waals surface area contributed by atoms with Crippen LogP contribution in [0.15, 0.2) is 5.10 Å². The fourth-order valence-corrected chi connectivity index (χ4v) is 2.64. The largest absolute Gasteiger partial charge is 0.380 e. The molecule has 1 fully saturated rings. The number of carbonyl (C=O) groups is 1. The Morgan fingerprint density at radius 1 is 1.53 bits per heavy atom. The van der Waals surface area contributed by atoms with Crippen LogP contribution in [-0.4, -0.2) is 56.3 Å². The number of carbonyl (C=O) groups excluding carboxylic acids is 1. The molecule has 0 radical (unpaired) electrons. The maximum atomic E-state index is 11.9. The molecule has 0 aromatic rings. The molecule has 0 bridgehead atoms. The zero-order valence-corrected chi connectivity index (χ0v) is 10.6. The lowest BCUT2D eigenvalue weighted by Gasteiger charge is -2.17. The highest BCUT2D eigenvalue weighted by atomic mass is 32.2. The number of hydrogen-bond donors (Lipinski definition) is 0. The number of hydrazone groups is 1. The lowest BCUT2D eigenvalue weighted by atomic mass is 10.0. The Morgan fingerprint density at radius 2 is 2.29 bits per heavy atom. The normalized spacial score (nSPS) is 24.8. The molecule has 0 aromatic carbocycles. The van der Waals surface area contributed by atoms with Crippen molar-refractivity contribution in [2.75, 3.05) is 31.3 Å².